The van der Waals surface area contributed by atoms with E-state index in [9.17, 15) is 31.1 Å². The molecule has 15 heteroatoms. The van der Waals surface area contributed by atoms with Gasteiger partial charge < -0.3 is 35.3 Å². The van der Waals surface area contributed by atoms with Gasteiger partial charge in [-0.2, -0.15) is 0 Å². The molecule has 4 N–H and O–H groups in total. The molecule has 1 saturated carbocycles. The zero-order chi connectivity index (χ0) is 29.8. The second-order valence-corrected chi connectivity index (χ2v) is 8.94. The Morgan fingerprint density at radius 3 is 2.15 bits per heavy atom. The van der Waals surface area contributed by atoms with Crippen molar-refractivity contribution in [3.63, 3.8) is 0 Å². The molecule has 0 heterocycles. The lowest BCUT2D eigenvalue weighted by molar-refractivity contribution is -0.275. The van der Waals surface area contributed by atoms with Crippen molar-refractivity contribution in [1.29, 1.82) is 0 Å². The number of halogens is 6. The molecule has 0 atom stereocenters. The minimum Gasteiger partial charge on any atom is -0.490 e. The molecule has 0 bridgehead atoms. The molecule has 0 aliphatic heterocycles. The van der Waals surface area contributed by atoms with Gasteiger partial charge in [-0.1, -0.05) is 6.07 Å². The van der Waals surface area contributed by atoms with E-state index in [1.54, 1.807) is 13.0 Å². The van der Waals surface area contributed by atoms with Crippen LogP contribution in [0.3, 0.4) is 0 Å². The van der Waals surface area contributed by atoms with Crippen LogP contribution in [0.5, 0.6) is 17.2 Å². The maximum atomic E-state index is 12.4. The number of aliphatic hydroxyl groups excluding tert-OH is 1. The van der Waals surface area contributed by atoms with Gasteiger partial charge in [0.1, 0.15) is 17.2 Å². The Kier molecular flexibility index (Phi) is 12.6. The normalized spacial score (nSPS) is 17.0. The predicted molar refractivity (Wildman–Crippen MR) is 138 cm³/mol. The van der Waals surface area contributed by atoms with Gasteiger partial charge in [-0.05, 0) is 80.7 Å². The number of carbonyl (C=O) groups is 1. The summed E-state index contributed by atoms with van der Waals surface area (Å²) in [6.07, 6.45) is -6.27. The number of anilines is 1. The minimum atomic E-state index is -4.78. The van der Waals surface area contributed by atoms with E-state index in [-0.39, 0.29) is 35.4 Å². The van der Waals surface area contributed by atoms with Gasteiger partial charge in [0.05, 0.1) is 12.7 Å². The number of hydrogen-bond acceptors (Lipinski definition) is 6. The lowest BCUT2D eigenvalue weighted by atomic mass is 9.93. The molecule has 1 aliphatic rings. The summed E-state index contributed by atoms with van der Waals surface area (Å²) in [4.78, 5) is 9.34. The van der Waals surface area contributed by atoms with Gasteiger partial charge in [0.2, 0.25) is 6.41 Å². The quantitative estimate of drug-likeness (QED) is 0.136. The lowest BCUT2D eigenvalue weighted by Gasteiger charge is -2.30. The van der Waals surface area contributed by atoms with E-state index in [0.717, 1.165) is 12.8 Å². The number of hydrogen-bond donors (Lipinski definition) is 4. The topological polar surface area (TPSA) is 101 Å². The van der Waals surface area contributed by atoms with Gasteiger partial charge in [-0.3, -0.25) is 4.79 Å². The van der Waals surface area contributed by atoms with Crippen LogP contribution in [-0.2, 0) is 4.79 Å². The van der Waals surface area contributed by atoms with Crippen molar-refractivity contribution in [3.05, 3.63) is 48.0 Å². The standard InChI is InChI=1S/C22H22F6N2O3S.C3H7NO2/c1-13-11-18(33-22(26,27)28)9-10-19(13)31-16-7-5-14(6-8-16)29-20(34)30-15-3-2-4-17(12-15)32-21(23,24)25;5-2-1-4-3-6/h2-4,9-12,14,16H,5-8H2,1H3,(H2,29,30,34);3,5H,1-2H2,(H,4,6). The van der Waals surface area contributed by atoms with Crippen LogP contribution >= 0.6 is 12.2 Å². The Hall–Kier alpha value is -3.46. The summed E-state index contributed by atoms with van der Waals surface area (Å²) in [7, 11) is 0. The molecule has 0 aromatic heterocycles. The molecule has 0 saturated heterocycles. The first-order chi connectivity index (χ1) is 18.8. The number of aliphatic hydroxyl groups is 1. The first-order valence-corrected chi connectivity index (χ1v) is 12.4. The van der Waals surface area contributed by atoms with Crippen molar-refractivity contribution < 1.29 is 50.5 Å². The summed E-state index contributed by atoms with van der Waals surface area (Å²) in [5, 5.41) is 16.5. The van der Waals surface area contributed by atoms with Crippen LogP contribution in [0.25, 0.3) is 0 Å². The van der Waals surface area contributed by atoms with Crippen molar-refractivity contribution in [1.82, 2.24) is 10.6 Å². The van der Waals surface area contributed by atoms with Crippen LogP contribution in [0.1, 0.15) is 31.2 Å². The summed E-state index contributed by atoms with van der Waals surface area (Å²) in [5.41, 5.74) is 0.883. The van der Waals surface area contributed by atoms with Crippen molar-refractivity contribution in [2.24, 2.45) is 0 Å². The first-order valence-electron chi connectivity index (χ1n) is 12.0. The number of carbonyl (C=O) groups excluding carboxylic acids is 1. The van der Waals surface area contributed by atoms with Crippen LogP contribution in [0.15, 0.2) is 42.5 Å². The van der Waals surface area contributed by atoms with Crippen molar-refractivity contribution in [2.75, 3.05) is 18.5 Å². The van der Waals surface area contributed by atoms with E-state index in [0.29, 0.717) is 42.8 Å². The Labute approximate surface area is 232 Å². The highest BCUT2D eigenvalue weighted by Gasteiger charge is 2.32. The SMILES string of the molecule is Cc1cc(OC(F)(F)F)ccc1OC1CCC(NC(=S)Nc2cccc(OC(F)(F)F)c2)CC1.O=CNCCO. The summed E-state index contributed by atoms with van der Waals surface area (Å²) in [6, 6.07) is 9.34. The number of rotatable bonds is 9. The molecule has 1 fully saturated rings. The molecule has 222 valence electrons. The van der Waals surface area contributed by atoms with E-state index in [4.69, 9.17) is 22.1 Å². The predicted octanol–water partition coefficient (Wildman–Crippen LogP) is 5.19. The number of aryl methyl sites for hydroxylation is 1. The van der Waals surface area contributed by atoms with Gasteiger partial charge in [0.25, 0.3) is 0 Å². The molecule has 40 heavy (non-hydrogen) atoms. The average Bonchev–Trinajstić information content (AvgIpc) is 2.84. The third kappa shape index (κ3) is 13.1. The van der Waals surface area contributed by atoms with E-state index in [1.165, 1.54) is 36.4 Å². The van der Waals surface area contributed by atoms with Crippen LogP contribution in [0.2, 0.25) is 0 Å². The van der Waals surface area contributed by atoms with Gasteiger partial charge >= 0.3 is 12.7 Å². The van der Waals surface area contributed by atoms with Gasteiger partial charge in [0.15, 0.2) is 5.11 Å². The molecule has 2 aromatic rings. The van der Waals surface area contributed by atoms with Crippen LogP contribution < -0.4 is 30.2 Å². The lowest BCUT2D eigenvalue weighted by Crippen LogP contribution is -2.41. The first kappa shape index (κ1) is 32.8. The molecule has 1 aliphatic carbocycles. The molecule has 1 amide bonds. The monoisotopic (exact) mass is 597 g/mol. The summed E-state index contributed by atoms with van der Waals surface area (Å²) in [5.74, 6) is -0.169. The maximum Gasteiger partial charge on any atom is 0.573 e. The number of nitrogens with one attached hydrogen (secondary N) is 3. The van der Waals surface area contributed by atoms with E-state index >= 15 is 0 Å². The fraction of sp³-hybridized carbons (Fsp3) is 0.440. The smallest absolute Gasteiger partial charge is 0.490 e. The van der Waals surface area contributed by atoms with Crippen LogP contribution in [0.4, 0.5) is 32.0 Å². The van der Waals surface area contributed by atoms with Crippen molar-refractivity contribution in [3.8, 4) is 17.2 Å². The average molecular weight is 598 g/mol. The zero-order valence-electron chi connectivity index (χ0n) is 21.3. The van der Waals surface area contributed by atoms with E-state index in [1.807, 2.05) is 0 Å². The fourth-order valence-corrected chi connectivity index (χ4v) is 3.99. The molecule has 3 rings (SSSR count). The van der Waals surface area contributed by atoms with E-state index < -0.39 is 12.7 Å². The molecule has 2 aromatic carbocycles. The highest BCUT2D eigenvalue weighted by atomic mass is 32.1. The van der Waals surface area contributed by atoms with Crippen LogP contribution in [0, 0.1) is 6.92 Å². The Balaban J connectivity index is 0.000000840. The number of benzene rings is 2. The highest BCUT2D eigenvalue weighted by Crippen LogP contribution is 2.31. The Bertz CT molecular complexity index is 1100. The summed E-state index contributed by atoms with van der Waals surface area (Å²) < 4.78 is 87.9. The maximum absolute atomic E-state index is 12.4. The molecular formula is C25H29F6N3O5S. The highest BCUT2D eigenvalue weighted by molar-refractivity contribution is 7.80. The fourth-order valence-electron chi connectivity index (χ4n) is 3.70. The molecular weight excluding hydrogens is 568 g/mol. The second kappa shape index (κ2) is 15.4. The molecule has 0 unspecified atom stereocenters. The third-order valence-electron chi connectivity index (χ3n) is 5.35. The molecule has 0 spiro atoms. The third-order valence-corrected chi connectivity index (χ3v) is 5.57. The molecule has 0 radical (unpaired) electrons. The van der Waals surface area contributed by atoms with Gasteiger partial charge in [-0.15, -0.1) is 26.3 Å². The Morgan fingerprint density at radius 1 is 1.00 bits per heavy atom. The summed E-state index contributed by atoms with van der Waals surface area (Å²) >= 11 is 5.26. The van der Waals surface area contributed by atoms with Crippen molar-refractivity contribution >= 4 is 29.4 Å². The number of ether oxygens (including phenoxy) is 3. The van der Waals surface area contributed by atoms with Crippen molar-refractivity contribution in [2.45, 2.75) is 57.5 Å². The second-order valence-electron chi connectivity index (χ2n) is 8.54. The zero-order valence-corrected chi connectivity index (χ0v) is 22.1. The van der Waals surface area contributed by atoms with E-state index in [2.05, 4.69) is 25.4 Å². The largest absolute Gasteiger partial charge is 0.573 e. The summed E-state index contributed by atoms with van der Waals surface area (Å²) in [6.45, 7) is 2.01. The molecule has 8 nitrogen and oxygen atoms in total. The Morgan fingerprint density at radius 2 is 1.62 bits per heavy atom. The van der Waals surface area contributed by atoms with Gasteiger partial charge in [-0.25, -0.2) is 0 Å². The van der Waals surface area contributed by atoms with Crippen LogP contribution in [-0.4, -0.2) is 54.7 Å². The number of amides is 1. The minimum absolute atomic E-state index is 0.0126. The number of thiocarbonyl (C=S) groups is 1. The number of alkyl halides is 6. The van der Waals surface area contributed by atoms with Gasteiger partial charge in [0, 0.05) is 24.3 Å².